The predicted octanol–water partition coefficient (Wildman–Crippen LogP) is 3.32. The topological polar surface area (TPSA) is 15.3 Å². The minimum absolute atomic E-state index is 0.0448. The summed E-state index contributed by atoms with van der Waals surface area (Å²) in [6, 6.07) is 4.28. The van der Waals surface area contributed by atoms with E-state index in [4.69, 9.17) is 0 Å². The Labute approximate surface area is 110 Å². The number of benzene rings is 1. The third kappa shape index (κ3) is 5.46. The minimum Gasteiger partial charge on any atom is -0.363 e. The Morgan fingerprint density at radius 2 is 1.95 bits per heavy atom. The van der Waals surface area contributed by atoms with Crippen molar-refractivity contribution < 1.29 is 17.6 Å². The Morgan fingerprint density at radius 3 is 2.47 bits per heavy atom. The fourth-order valence-electron chi connectivity index (χ4n) is 1.73. The van der Waals surface area contributed by atoms with Gasteiger partial charge in [0.15, 0.2) is 0 Å². The van der Waals surface area contributed by atoms with E-state index in [9.17, 15) is 17.6 Å². The number of hydrogen-bond acceptors (Lipinski definition) is 2. The monoisotopic (exact) mass is 278 g/mol. The summed E-state index contributed by atoms with van der Waals surface area (Å²) in [5.74, 6) is -0.637. The van der Waals surface area contributed by atoms with Crippen molar-refractivity contribution in [2.24, 2.45) is 0 Å². The Hall–Kier alpha value is -1.30. The zero-order valence-electron chi connectivity index (χ0n) is 11.0. The molecular formula is C13H18F4N2. The first-order valence-corrected chi connectivity index (χ1v) is 6.10. The Kier molecular flexibility index (Phi) is 5.60. The lowest BCUT2D eigenvalue weighted by Crippen LogP contribution is -2.31. The quantitative estimate of drug-likeness (QED) is 0.634. The van der Waals surface area contributed by atoms with E-state index < -0.39 is 18.5 Å². The van der Waals surface area contributed by atoms with Gasteiger partial charge in [-0.3, -0.25) is 0 Å². The van der Waals surface area contributed by atoms with Crippen molar-refractivity contribution in [1.29, 1.82) is 0 Å². The van der Waals surface area contributed by atoms with Crippen molar-refractivity contribution in [2.45, 2.75) is 26.1 Å². The summed E-state index contributed by atoms with van der Waals surface area (Å²) in [4.78, 5) is 0.860. The minimum atomic E-state index is -4.34. The van der Waals surface area contributed by atoms with Crippen LogP contribution < -0.4 is 10.2 Å². The maximum atomic E-state index is 13.7. The first-order chi connectivity index (χ1) is 8.83. The van der Waals surface area contributed by atoms with Gasteiger partial charge in [-0.1, -0.05) is 13.0 Å². The van der Waals surface area contributed by atoms with Crippen molar-refractivity contribution in [3.63, 3.8) is 0 Å². The molecule has 0 saturated carbocycles. The van der Waals surface area contributed by atoms with E-state index in [0.717, 1.165) is 23.4 Å². The van der Waals surface area contributed by atoms with Gasteiger partial charge in [0.25, 0.3) is 0 Å². The van der Waals surface area contributed by atoms with Crippen molar-refractivity contribution in [3.05, 3.63) is 29.6 Å². The summed E-state index contributed by atoms with van der Waals surface area (Å²) in [5, 5.41) is 3.11. The van der Waals surface area contributed by atoms with Gasteiger partial charge in [-0.25, -0.2) is 4.39 Å². The summed E-state index contributed by atoms with van der Waals surface area (Å²) in [7, 11) is 1.22. The number of anilines is 1. The van der Waals surface area contributed by atoms with Crippen LogP contribution in [-0.4, -0.2) is 26.3 Å². The highest BCUT2D eigenvalue weighted by Gasteiger charge is 2.30. The molecule has 0 saturated heterocycles. The Bertz CT molecular complexity index is 404. The fraction of sp³-hybridized carbons (Fsp3) is 0.538. The van der Waals surface area contributed by atoms with Gasteiger partial charge < -0.3 is 10.2 Å². The molecule has 19 heavy (non-hydrogen) atoms. The van der Waals surface area contributed by atoms with Gasteiger partial charge in [-0.2, -0.15) is 13.2 Å². The first kappa shape index (κ1) is 15.8. The van der Waals surface area contributed by atoms with Crippen molar-refractivity contribution in [1.82, 2.24) is 5.32 Å². The largest absolute Gasteiger partial charge is 0.405 e. The predicted molar refractivity (Wildman–Crippen MR) is 67.7 cm³/mol. The molecule has 0 aromatic heterocycles. The van der Waals surface area contributed by atoms with Crippen LogP contribution in [0.25, 0.3) is 0 Å². The van der Waals surface area contributed by atoms with E-state index >= 15 is 0 Å². The average Bonchev–Trinajstić information content (AvgIpc) is 2.27. The fourth-order valence-corrected chi connectivity index (χ4v) is 1.73. The van der Waals surface area contributed by atoms with E-state index in [1.54, 1.807) is 6.07 Å². The number of alkyl halides is 3. The molecule has 0 aliphatic heterocycles. The van der Waals surface area contributed by atoms with E-state index in [-0.39, 0.29) is 5.69 Å². The van der Waals surface area contributed by atoms with Crippen LogP contribution in [0.4, 0.5) is 23.2 Å². The summed E-state index contributed by atoms with van der Waals surface area (Å²) in [6.45, 7) is 2.17. The maximum absolute atomic E-state index is 13.7. The van der Waals surface area contributed by atoms with E-state index in [2.05, 4.69) is 5.32 Å². The molecule has 0 heterocycles. The van der Waals surface area contributed by atoms with E-state index in [1.807, 2.05) is 6.92 Å². The van der Waals surface area contributed by atoms with Crippen LogP contribution in [0.2, 0.25) is 0 Å². The molecule has 0 aliphatic carbocycles. The molecule has 0 bridgehead atoms. The van der Waals surface area contributed by atoms with Gasteiger partial charge in [0.05, 0.1) is 5.69 Å². The normalized spacial score (nSPS) is 11.7. The van der Waals surface area contributed by atoms with Crippen LogP contribution in [-0.2, 0) is 6.54 Å². The van der Waals surface area contributed by atoms with Crippen LogP contribution in [0, 0.1) is 5.82 Å². The molecule has 2 nitrogen and oxygen atoms in total. The molecule has 0 unspecified atom stereocenters. The smallest absolute Gasteiger partial charge is 0.363 e. The van der Waals surface area contributed by atoms with Gasteiger partial charge in [-0.15, -0.1) is 0 Å². The van der Waals surface area contributed by atoms with Crippen molar-refractivity contribution in [2.75, 3.05) is 25.0 Å². The lowest BCUT2D eigenvalue weighted by atomic mass is 10.2. The standard InChI is InChI=1S/C13H18F4N2/c1-3-6-18-8-10-4-5-12(11(14)7-10)19(2)9-13(15,16)17/h4-5,7,18H,3,6,8-9H2,1-2H3. The molecule has 1 rings (SSSR count). The number of nitrogens with zero attached hydrogens (tertiary/aromatic N) is 1. The molecule has 0 aliphatic rings. The molecule has 0 fully saturated rings. The van der Waals surface area contributed by atoms with Crippen LogP contribution in [0.15, 0.2) is 18.2 Å². The lowest BCUT2D eigenvalue weighted by Gasteiger charge is -2.21. The van der Waals surface area contributed by atoms with Gasteiger partial charge in [0.2, 0.25) is 0 Å². The Balaban J connectivity index is 2.71. The summed E-state index contributed by atoms with van der Waals surface area (Å²) in [6.07, 6.45) is -3.38. The molecule has 1 aromatic carbocycles. The highest BCUT2D eigenvalue weighted by Crippen LogP contribution is 2.24. The molecule has 0 radical (unpaired) electrons. The summed E-state index contributed by atoms with van der Waals surface area (Å²) < 4.78 is 50.5. The second-order valence-electron chi connectivity index (χ2n) is 4.43. The van der Waals surface area contributed by atoms with Crippen LogP contribution in [0.3, 0.4) is 0 Å². The van der Waals surface area contributed by atoms with Gasteiger partial charge in [-0.05, 0) is 30.7 Å². The third-order valence-electron chi connectivity index (χ3n) is 2.60. The maximum Gasteiger partial charge on any atom is 0.405 e. The van der Waals surface area contributed by atoms with Gasteiger partial charge >= 0.3 is 6.18 Å². The van der Waals surface area contributed by atoms with Crippen LogP contribution >= 0.6 is 0 Å². The number of nitrogens with one attached hydrogen (secondary N) is 1. The first-order valence-electron chi connectivity index (χ1n) is 6.10. The zero-order chi connectivity index (χ0) is 14.5. The summed E-state index contributed by atoms with van der Waals surface area (Å²) in [5.41, 5.74) is 0.673. The molecule has 1 N–H and O–H groups in total. The molecule has 108 valence electrons. The molecule has 0 amide bonds. The highest BCUT2D eigenvalue weighted by molar-refractivity contribution is 5.48. The molecule has 0 spiro atoms. The van der Waals surface area contributed by atoms with Crippen LogP contribution in [0.5, 0.6) is 0 Å². The molecular weight excluding hydrogens is 260 g/mol. The van der Waals surface area contributed by atoms with Crippen molar-refractivity contribution >= 4 is 5.69 Å². The third-order valence-corrected chi connectivity index (χ3v) is 2.60. The Morgan fingerprint density at radius 1 is 1.26 bits per heavy atom. The second kappa shape index (κ2) is 6.75. The van der Waals surface area contributed by atoms with E-state index in [1.165, 1.54) is 19.2 Å². The van der Waals surface area contributed by atoms with Gasteiger partial charge in [0, 0.05) is 13.6 Å². The number of rotatable bonds is 6. The summed E-state index contributed by atoms with van der Waals surface area (Å²) >= 11 is 0. The average molecular weight is 278 g/mol. The number of hydrogen-bond donors (Lipinski definition) is 1. The zero-order valence-corrected chi connectivity index (χ0v) is 11.0. The molecule has 1 aromatic rings. The molecule has 0 atom stereocenters. The number of halogens is 4. The lowest BCUT2D eigenvalue weighted by molar-refractivity contribution is -0.119. The van der Waals surface area contributed by atoms with Crippen LogP contribution in [0.1, 0.15) is 18.9 Å². The second-order valence-corrected chi connectivity index (χ2v) is 4.43. The van der Waals surface area contributed by atoms with E-state index in [0.29, 0.717) is 6.54 Å². The van der Waals surface area contributed by atoms with Crippen molar-refractivity contribution in [3.8, 4) is 0 Å². The SMILES string of the molecule is CCCNCc1ccc(N(C)CC(F)(F)F)c(F)c1. The van der Waals surface area contributed by atoms with Gasteiger partial charge in [0.1, 0.15) is 12.4 Å². The highest BCUT2D eigenvalue weighted by atomic mass is 19.4. The molecule has 6 heteroatoms.